The first-order valence-corrected chi connectivity index (χ1v) is 59.3. The molecule has 7 aliphatic heterocycles. The van der Waals surface area contributed by atoms with Crippen LogP contribution in [-0.4, -0.2) is 295 Å². The average Bonchev–Trinajstić information content (AvgIpc) is 1.55. The highest BCUT2D eigenvalue weighted by Gasteiger charge is 2.46. The van der Waals surface area contributed by atoms with E-state index in [1.165, 1.54) is 108 Å². The number of piperazine rings is 2. The maximum Gasteiger partial charge on any atom is 0.419 e. The number of aliphatic hydroxyl groups is 1. The van der Waals surface area contributed by atoms with E-state index < -0.39 is 67.4 Å². The van der Waals surface area contributed by atoms with Crippen LogP contribution in [0, 0.1) is 48.5 Å². The molecule has 0 saturated carbocycles. The molecule has 9 aromatic heterocycles. The number of rotatable bonds is 29. The third-order valence-electron chi connectivity index (χ3n) is 31.2. The number of nitrogens with zero attached hydrogens (tertiary/aromatic N) is 17. The van der Waals surface area contributed by atoms with E-state index in [4.69, 9.17) is 0 Å². The van der Waals surface area contributed by atoms with E-state index in [9.17, 15) is 69.9 Å². The van der Waals surface area contributed by atoms with Crippen LogP contribution < -0.4 is 16.0 Å². The molecule has 146 heavy (non-hydrogen) atoms. The lowest BCUT2D eigenvalue weighted by Gasteiger charge is -2.43. The number of sulfone groups is 1. The Kier molecular flexibility index (Phi) is 32.9. The minimum absolute atomic E-state index is 0.119. The molecule has 7 saturated heterocycles. The Bertz CT molecular complexity index is 7050. The van der Waals surface area contributed by atoms with Crippen LogP contribution in [-0.2, 0) is 88.3 Å². The van der Waals surface area contributed by atoms with Crippen LogP contribution in [0.15, 0.2) is 72.8 Å². The predicted molar refractivity (Wildman–Crippen MR) is 567 cm³/mol. The van der Waals surface area contributed by atoms with Crippen LogP contribution in [0.4, 0.5) is 57.0 Å². The summed E-state index contributed by atoms with van der Waals surface area (Å²) in [5.41, 5.74) is 15.2. The molecule has 4 N–H and O–H groups in total. The zero-order valence-corrected chi connectivity index (χ0v) is 91.0. The number of anilines is 3. The molecule has 796 valence electrons. The molecule has 19 rings (SSSR count). The van der Waals surface area contributed by atoms with Crippen LogP contribution in [0.3, 0.4) is 0 Å². The monoisotopic (exact) mass is 2140 g/mol. The molecule has 27 nitrogen and oxygen atoms in total. The zero-order valence-electron chi connectivity index (χ0n) is 86.1. The molecule has 42 heteroatoms. The van der Waals surface area contributed by atoms with Gasteiger partial charge in [-0.15, -0.1) is 34.0 Å². The van der Waals surface area contributed by atoms with Crippen LogP contribution >= 0.6 is 34.0 Å². The molecule has 0 aliphatic carbocycles. The summed E-state index contributed by atoms with van der Waals surface area (Å²) < 4.78 is 201. The lowest BCUT2D eigenvalue weighted by Crippen LogP contribution is -2.58. The second kappa shape index (κ2) is 44.2. The van der Waals surface area contributed by atoms with Crippen LogP contribution in [0.25, 0.3) is 63.4 Å². The van der Waals surface area contributed by atoms with Crippen LogP contribution in [0.5, 0.6) is 0 Å². The Labute approximate surface area is 862 Å². The Morgan fingerprint density at radius 2 is 0.815 bits per heavy atom. The number of hydrogen-bond donors (Lipinski definition) is 4. The highest BCUT2D eigenvalue weighted by atomic mass is 32.2. The van der Waals surface area contributed by atoms with Gasteiger partial charge in [0.15, 0.2) is 6.10 Å². The highest BCUT2D eigenvalue weighted by molar-refractivity contribution is 7.91. The van der Waals surface area contributed by atoms with Crippen molar-refractivity contribution in [2.75, 3.05) is 133 Å². The molecular formula is C104H139F9N20O7S6. The number of halogens is 9. The van der Waals surface area contributed by atoms with Gasteiger partial charge in [-0.25, -0.2) is 55.2 Å². The number of piperidine rings is 4. The number of alkyl halides is 9. The number of aryl methyl sites for hydroxylation is 9. The first-order valence-electron chi connectivity index (χ1n) is 51.2. The van der Waals surface area contributed by atoms with Crippen molar-refractivity contribution >= 4 is 145 Å². The lowest BCUT2D eigenvalue weighted by molar-refractivity contribution is -0.205. The van der Waals surface area contributed by atoms with Gasteiger partial charge in [-0.05, 0) is 235 Å². The van der Waals surface area contributed by atoms with E-state index >= 15 is 0 Å². The molecule has 0 amide bonds. The number of sulfonamides is 2. The number of hydrogen-bond acceptors (Lipinski definition) is 25. The Balaban J connectivity index is 0.000000150. The molecule has 6 atom stereocenters. The van der Waals surface area contributed by atoms with Crippen molar-refractivity contribution in [3.63, 3.8) is 0 Å². The van der Waals surface area contributed by atoms with Gasteiger partial charge in [-0.1, -0.05) is 32.0 Å². The first kappa shape index (κ1) is 109. The fourth-order valence-corrected chi connectivity index (χ4v) is 29.2. The molecular weight excluding hydrogens is 2000 g/mol. The minimum Gasteiger partial charge on any atom is -0.379 e. The van der Waals surface area contributed by atoms with Gasteiger partial charge in [0, 0.05) is 250 Å². The van der Waals surface area contributed by atoms with Crippen molar-refractivity contribution in [1.82, 2.24) is 81.6 Å². The summed E-state index contributed by atoms with van der Waals surface area (Å²) in [4.78, 5) is 44.0. The Morgan fingerprint density at radius 1 is 0.418 bits per heavy atom. The van der Waals surface area contributed by atoms with E-state index in [1.807, 2.05) is 13.8 Å². The van der Waals surface area contributed by atoms with Crippen molar-refractivity contribution in [3.8, 4) is 0 Å². The van der Waals surface area contributed by atoms with E-state index in [0.29, 0.717) is 130 Å². The number of likely N-dealkylation sites (tertiary alicyclic amines) is 4. The van der Waals surface area contributed by atoms with Gasteiger partial charge in [0.05, 0.1) is 46.8 Å². The van der Waals surface area contributed by atoms with Gasteiger partial charge in [-0.3, -0.25) is 29.4 Å². The first-order chi connectivity index (χ1) is 68.9. The Morgan fingerprint density at radius 3 is 1.23 bits per heavy atom. The summed E-state index contributed by atoms with van der Waals surface area (Å²) in [6.45, 7) is 41.4. The highest BCUT2D eigenvalue weighted by Crippen LogP contribution is 2.44. The fraction of sp³-hybridized carbons (Fsp3) is 0.596. The van der Waals surface area contributed by atoms with Crippen molar-refractivity contribution in [2.45, 2.75) is 284 Å². The molecule has 7 fully saturated rings. The van der Waals surface area contributed by atoms with Crippen molar-refractivity contribution in [3.05, 3.63) is 155 Å². The van der Waals surface area contributed by atoms with Crippen LogP contribution in [0.2, 0.25) is 0 Å². The summed E-state index contributed by atoms with van der Waals surface area (Å²) in [5, 5.41) is 25.8. The second-order valence-electron chi connectivity index (χ2n) is 41.9. The average molecular weight is 2140 g/mol. The predicted octanol–water partition coefficient (Wildman–Crippen LogP) is 18.8. The molecule has 7 aliphatic rings. The molecule has 0 radical (unpaired) electrons. The third kappa shape index (κ3) is 25.3. The van der Waals surface area contributed by atoms with Gasteiger partial charge in [0.2, 0.25) is 20.0 Å². The van der Waals surface area contributed by atoms with Gasteiger partial charge in [0.25, 0.3) is 0 Å². The summed E-state index contributed by atoms with van der Waals surface area (Å²) in [5.74, 6) is 3.56. The summed E-state index contributed by atoms with van der Waals surface area (Å²) in [6.07, 6.45) is -3.62. The maximum atomic E-state index is 13.2. The number of thiophene rings is 3. The molecule has 12 aromatic rings. The normalized spacial score (nSPS) is 20.1. The molecule has 3 aromatic carbocycles. The van der Waals surface area contributed by atoms with Crippen molar-refractivity contribution in [2.24, 2.45) is 0 Å². The standard InChI is InChI=1S/C36H48F3N7O2S2.C34H46F3N7O2S2.C34H45F3N6O3S2/c1-6-33-41-34(31-16-29(17-36(37,38)39)49-35(31)42-33)40-26-11-13-43(14-12-26)19-25-7-10-32-30(24(25)4)15-22(2)45(32)18-23(3)46-27-8-9-28(46)21-44(20-27)50(5,47)48;1-6-31-39-32(29-18-27(19-34(35,36)37)47-33(29)40-31)38-26-9-11-41(12-10-26)21-25-7-8-30-28(24(25)4)17-22(2)44(30)23(3)20-42-13-15-43(16-14-42)48(5,45)46;1-20-16-27-22(3)24(6-7-29(27)43(20)18-21(2)42-14-10-26(11-15-42)48(5,45)46)19-41-12-8-25(9-13-41)40-32-28-17-30(31(44)34(35,36)37)47-33(28)39-23(4)38-32/h7,10,15-16,23,26-28H,6,8-9,11-14,17-21H2,1-5H3,(H,40,41,42);7-8,17-18,23,26H,6,9-16,19-21H2,1-5H3,(H,38,39,40);6-7,16-17,21,25-26,31,44H,8-15,18-19H2,1-5H3,(H,38,39,40)/t23-,27?,28?;;21-,31?/m0.0/s1. The topological polar surface area (TPSA) is 277 Å². The smallest absolute Gasteiger partial charge is 0.379 e. The lowest BCUT2D eigenvalue weighted by atomic mass is 10.0. The summed E-state index contributed by atoms with van der Waals surface area (Å²) >= 11 is 3.06. The van der Waals surface area contributed by atoms with E-state index in [1.54, 1.807) is 27.7 Å². The summed E-state index contributed by atoms with van der Waals surface area (Å²) in [7, 11) is -9.31. The number of nitrogens with one attached hydrogen (secondary N) is 3. The van der Waals surface area contributed by atoms with Crippen molar-refractivity contribution < 1.29 is 69.9 Å². The number of aliphatic hydroxyl groups excluding tert-OH is 1. The molecule has 16 heterocycles. The second-order valence-corrected chi connectivity index (χ2v) is 51.5. The van der Waals surface area contributed by atoms with Gasteiger partial charge < -0.3 is 34.8 Å². The number of fused-ring (bicyclic) bond motifs is 8. The molecule has 0 spiro atoms. The summed E-state index contributed by atoms with van der Waals surface area (Å²) in [6, 6.07) is 26.8. The van der Waals surface area contributed by atoms with E-state index in [2.05, 4.69) is 206 Å². The quantitative estimate of drug-likeness (QED) is 0.0317. The fourth-order valence-electron chi connectivity index (χ4n) is 23.2. The Hall–Kier alpha value is -8.34. The number of benzene rings is 3. The van der Waals surface area contributed by atoms with Gasteiger partial charge in [-0.2, -0.15) is 48.1 Å². The molecule has 4 unspecified atom stereocenters. The van der Waals surface area contributed by atoms with Crippen LogP contribution in [0.1, 0.15) is 194 Å². The third-order valence-corrected chi connectivity index (χ3v) is 38.6. The minimum atomic E-state index is -4.74. The SMILES string of the molecule is CCc1nc(NC2CCN(Cc3ccc4c(cc(C)n4C(C)CN4CCN(S(C)(=O)=O)CC4)c3C)CC2)c2cc(CC(F)(F)F)sc2n1.CCc1nc(NC2CCN(Cc3ccc4c(cc(C)n4C[C@H](C)N4C5CCC4CN(S(C)(=O)=O)C5)c3C)CC2)c2cc(CC(F)(F)F)sc2n1.Cc1nc(NC2CCN(Cc3ccc4c(cc(C)n4C[C@H](C)N4CCC(S(C)(=O)=O)CC4)c3C)CC2)c2cc(C(O)C(F)(F)F)sc2n1. The van der Waals surface area contributed by atoms with Gasteiger partial charge >= 0.3 is 18.5 Å². The maximum absolute atomic E-state index is 13.2. The van der Waals surface area contributed by atoms with E-state index in [0.717, 1.165) is 190 Å². The van der Waals surface area contributed by atoms with Crippen molar-refractivity contribution in [1.29, 1.82) is 0 Å². The zero-order chi connectivity index (χ0) is 104. The molecule has 2 bridgehead atoms. The van der Waals surface area contributed by atoms with E-state index in [-0.39, 0.29) is 56.1 Å². The largest absolute Gasteiger partial charge is 0.419 e. The van der Waals surface area contributed by atoms with Gasteiger partial charge in [0.1, 0.15) is 59.3 Å². The number of aromatic nitrogens is 9.